The quantitative estimate of drug-likeness (QED) is 0.156. The number of aromatic nitrogens is 4. The van der Waals surface area contributed by atoms with Crippen LogP contribution in [0, 0.1) is 5.92 Å². The molecule has 0 aliphatic carbocycles. The molecule has 0 bridgehead atoms. The molecule has 0 radical (unpaired) electrons. The van der Waals surface area contributed by atoms with E-state index in [1.807, 2.05) is 6.26 Å². The minimum absolute atomic E-state index is 0.00314. The van der Waals surface area contributed by atoms with Crippen LogP contribution < -0.4 is 21.7 Å². The van der Waals surface area contributed by atoms with Crippen LogP contribution in [0.15, 0.2) is 25.0 Å². The maximum Gasteiger partial charge on any atom is 0.326 e. The minimum Gasteiger partial charge on any atom is -0.480 e. The maximum atomic E-state index is 13.1. The van der Waals surface area contributed by atoms with Crippen molar-refractivity contribution in [2.24, 2.45) is 11.7 Å². The van der Waals surface area contributed by atoms with Gasteiger partial charge >= 0.3 is 5.97 Å². The van der Waals surface area contributed by atoms with E-state index < -0.39 is 47.9 Å². The molecule has 2 aromatic heterocycles. The number of nitrogens with zero attached hydrogens (tertiary/aromatic N) is 2. The van der Waals surface area contributed by atoms with Crippen LogP contribution in [0.2, 0.25) is 0 Å². The van der Waals surface area contributed by atoms with E-state index in [-0.39, 0.29) is 25.2 Å². The third-order valence-corrected chi connectivity index (χ3v) is 6.06. The number of carbonyl (C=O) groups is 4. The number of hydrogen-bond donors (Lipinski definition) is 7. The number of amides is 3. The number of hydrogen-bond acceptors (Lipinski definition) is 8. The Hall–Kier alpha value is -3.39. The standard InChI is InChI=1S/C22H34N8O5S/c1-12(2)18(30-19(31)15(23)6-13-8-24-10-26-13)21(33)28-16(4-5-36-3)20(32)29-17(22(34)35)7-14-9-25-11-27-14/h8-12,15-18H,4-7,23H2,1-3H3,(H,24,26)(H,25,27)(H,28,33)(H,29,32)(H,30,31)(H,34,35). The minimum atomic E-state index is -1.22. The number of nitrogens with two attached hydrogens (primary N) is 1. The number of aromatic amines is 2. The van der Waals surface area contributed by atoms with Crippen molar-refractivity contribution >= 4 is 35.5 Å². The van der Waals surface area contributed by atoms with Crippen LogP contribution in [-0.4, -0.2) is 84.9 Å². The monoisotopic (exact) mass is 522 g/mol. The largest absolute Gasteiger partial charge is 0.480 e. The predicted molar refractivity (Wildman–Crippen MR) is 134 cm³/mol. The van der Waals surface area contributed by atoms with Crippen LogP contribution in [0.1, 0.15) is 31.7 Å². The van der Waals surface area contributed by atoms with E-state index in [1.54, 1.807) is 20.0 Å². The summed E-state index contributed by atoms with van der Waals surface area (Å²) >= 11 is 1.48. The molecule has 4 unspecified atom stereocenters. The van der Waals surface area contributed by atoms with Crippen LogP contribution >= 0.6 is 11.8 Å². The van der Waals surface area contributed by atoms with Crippen molar-refractivity contribution in [1.29, 1.82) is 0 Å². The van der Waals surface area contributed by atoms with Crippen LogP contribution in [-0.2, 0) is 32.0 Å². The third kappa shape index (κ3) is 9.00. The summed E-state index contributed by atoms with van der Waals surface area (Å²) in [6.45, 7) is 3.51. The first-order valence-corrected chi connectivity index (χ1v) is 12.8. The molecule has 0 aliphatic heterocycles. The summed E-state index contributed by atoms with van der Waals surface area (Å²) in [6.07, 6.45) is 8.27. The molecule has 0 fully saturated rings. The number of aliphatic carboxylic acids is 1. The van der Waals surface area contributed by atoms with Crippen LogP contribution in [0.5, 0.6) is 0 Å². The zero-order valence-corrected chi connectivity index (χ0v) is 21.3. The maximum absolute atomic E-state index is 13.1. The highest BCUT2D eigenvalue weighted by Crippen LogP contribution is 2.08. The SMILES string of the molecule is CSCCC(NC(=O)C(NC(=O)C(N)Cc1cnc[nH]1)C(C)C)C(=O)NC(Cc1cnc[nH]1)C(=O)O. The fourth-order valence-corrected chi connectivity index (χ4v) is 3.85. The molecule has 3 amide bonds. The van der Waals surface area contributed by atoms with Crippen molar-refractivity contribution in [3.05, 3.63) is 36.4 Å². The van der Waals surface area contributed by atoms with Gasteiger partial charge in [-0.2, -0.15) is 11.8 Å². The molecule has 14 heteroatoms. The molecular weight excluding hydrogens is 488 g/mol. The van der Waals surface area contributed by atoms with Crippen LogP contribution in [0.4, 0.5) is 0 Å². The summed E-state index contributed by atoms with van der Waals surface area (Å²) < 4.78 is 0. The van der Waals surface area contributed by atoms with E-state index >= 15 is 0 Å². The topological polar surface area (TPSA) is 208 Å². The molecule has 0 saturated carbocycles. The molecule has 2 heterocycles. The molecular formula is C22H34N8O5S. The van der Waals surface area contributed by atoms with Crippen LogP contribution in [0.3, 0.4) is 0 Å². The van der Waals surface area contributed by atoms with Gasteiger partial charge in [-0.15, -0.1) is 0 Å². The van der Waals surface area contributed by atoms with Gasteiger partial charge in [0.2, 0.25) is 17.7 Å². The fourth-order valence-electron chi connectivity index (χ4n) is 3.38. The van der Waals surface area contributed by atoms with Gasteiger partial charge in [0.05, 0.1) is 18.7 Å². The average molecular weight is 523 g/mol. The highest BCUT2D eigenvalue weighted by molar-refractivity contribution is 7.98. The Morgan fingerprint density at radius 3 is 2.03 bits per heavy atom. The molecule has 36 heavy (non-hydrogen) atoms. The first-order chi connectivity index (χ1) is 17.1. The Balaban J connectivity index is 2.06. The van der Waals surface area contributed by atoms with Crippen molar-refractivity contribution < 1.29 is 24.3 Å². The second kappa shape index (κ2) is 14.2. The third-order valence-electron chi connectivity index (χ3n) is 5.42. The Labute approximate surface area is 213 Å². The predicted octanol–water partition coefficient (Wildman–Crippen LogP) is -0.807. The Morgan fingerprint density at radius 1 is 0.944 bits per heavy atom. The van der Waals surface area contributed by atoms with E-state index in [2.05, 4.69) is 35.9 Å². The first kappa shape index (κ1) is 28.8. The molecule has 198 valence electrons. The number of carbonyl (C=O) groups excluding carboxylic acids is 3. The average Bonchev–Trinajstić information content (AvgIpc) is 3.53. The van der Waals surface area contributed by atoms with Gasteiger partial charge in [0.15, 0.2) is 0 Å². The summed E-state index contributed by atoms with van der Waals surface area (Å²) in [4.78, 5) is 63.9. The van der Waals surface area contributed by atoms with Gasteiger partial charge in [0.25, 0.3) is 0 Å². The smallest absolute Gasteiger partial charge is 0.326 e. The molecule has 0 aromatic carbocycles. The number of carboxylic acid groups (broad SMARTS) is 1. The summed E-state index contributed by atoms with van der Waals surface area (Å²) in [7, 11) is 0. The Bertz CT molecular complexity index is 983. The number of nitrogens with one attached hydrogen (secondary N) is 5. The van der Waals surface area contributed by atoms with Crippen molar-refractivity contribution in [3.63, 3.8) is 0 Å². The van der Waals surface area contributed by atoms with E-state index in [9.17, 15) is 24.3 Å². The van der Waals surface area contributed by atoms with Gasteiger partial charge in [-0.05, 0) is 24.3 Å². The Kier molecular flexibility index (Phi) is 11.4. The lowest BCUT2D eigenvalue weighted by atomic mass is 10.0. The molecule has 0 saturated heterocycles. The number of H-pyrrole nitrogens is 2. The highest BCUT2D eigenvalue weighted by atomic mass is 32.2. The Morgan fingerprint density at radius 2 is 1.53 bits per heavy atom. The van der Waals surface area contributed by atoms with Gasteiger partial charge < -0.3 is 36.8 Å². The number of rotatable bonds is 15. The molecule has 2 aromatic rings. The van der Waals surface area contributed by atoms with E-state index in [4.69, 9.17) is 5.73 Å². The molecule has 4 atom stereocenters. The number of carboxylic acids is 1. The lowest BCUT2D eigenvalue weighted by Gasteiger charge is -2.27. The fraction of sp³-hybridized carbons (Fsp3) is 0.545. The highest BCUT2D eigenvalue weighted by Gasteiger charge is 2.31. The normalized spacial score (nSPS) is 14.5. The van der Waals surface area contributed by atoms with Crippen molar-refractivity contribution in [1.82, 2.24) is 35.9 Å². The van der Waals surface area contributed by atoms with Gasteiger partial charge in [0, 0.05) is 36.6 Å². The van der Waals surface area contributed by atoms with Crippen molar-refractivity contribution in [2.75, 3.05) is 12.0 Å². The number of imidazole rings is 2. The zero-order valence-electron chi connectivity index (χ0n) is 20.5. The van der Waals surface area contributed by atoms with E-state index in [0.29, 0.717) is 17.1 Å². The second-order valence-corrected chi connectivity index (χ2v) is 9.63. The molecule has 0 spiro atoms. The summed E-state index contributed by atoms with van der Waals surface area (Å²) in [5.41, 5.74) is 7.21. The lowest BCUT2D eigenvalue weighted by molar-refractivity contribution is -0.142. The van der Waals surface area contributed by atoms with Crippen LogP contribution in [0.25, 0.3) is 0 Å². The summed E-state index contributed by atoms with van der Waals surface area (Å²) in [5, 5.41) is 17.4. The van der Waals surface area contributed by atoms with Gasteiger partial charge in [0.1, 0.15) is 18.1 Å². The molecule has 0 aliphatic rings. The van der Waals surface area contributed by atoms with E-state index in [1.165, 1.54) is 30.6 Å². The molecule has 2 rings (SSSR count). The molecule has 8 N–H and O–H groups in total. The van der Waals surface area contributed by atoms with Crippen molar-refractivity contribution in [3.8, 4) is 0 Å². The summed E-state index contributed by atoms with van der Waals surface area (Å²) in [6, 6.07) is -4.07. The molecule has 13 nitrogen and oxygen atoms in total. The van der Waals surface area contributed by atoms with Gasteiger partial charge in [-0.3, -0.25) is 14.4 Å². The zero-order chi connectivity index (χ0) is 26.7. The van der Waals surface area contributed by atoms with E-state index in [0.717, 1.165) is 0 Å². The summed E-state index contributed by atoms with van der Waals surface area (Å²) in [5.74, 6) is -2.68. The lowest BCUT2D eigenvalue weighted by Crippen LogP contribution is -2.58. The van der Waals surface area contributed by atoms with Crippen molar-refractivity contribution in [2.45, 2.75) is 57.3 Å². The second-order valence-electron chi connectivity index (χ2n) is 8.64. The van der Waals surface area contributed by atoms with Gasteiger partial charge in [-0.25, -0.2) is 14.8 Å². The number of thioether (sulfide) groups is 1. The first-order valence-electron chi connectivity index (χ1n) is 11.4. The van der Waals surface area contributed by atoms with Gasteiger partial charge in [-0.1, -0.05) is 13.8 Å².